The number of esters is 1. The van der Waals surface area contributed by atoms with Gasteiger partial charge in [0.2, 0.25) is 0 Å². The number of para-hydroxylation sites is 1. The Kier molecular flexibility index (Phi) is 7.23. The molecule has 1 amide bonds. The number of carbonyl (C=O) groups excluding carboxylic acids is 2. The van der Waals surface area contributed by atoms with E-state index in [0.29, 0.717) is 11.8 Å². The highest BCUT2D eigenvalue weighted by atomic mass is 35.5. The summed E-state index contributed by atoms with van der Waals surface area (Å²) in [4.78, 5) is 23.7. The van der Waals surface area contributed by atoms with E-state index in [2.05, 4.69) is 10.1 Å². The van der Waals surface area contributed by atoms with E-state index in [4.69, 9.17) is 16.3 Å². The van der Waals surface area contributed by atoms with E-state index >= 15 is 0 Å². The molecule has 0 saturated heterocycles. The molecule has 0 aliphatic heterocycles. The van der Waals surface area contributed by atoms with E-state index in [1.54, 1.807) is 12.1 Å². The average molecular weight is 402 g/mol. The molecule has 9 heteroatoms. The third kappa shape index (κ3) is 5.60. The van der Waals surface area contributed by atoms with Crippen LogP contribution in [0.15, 0.2) is 47.4 Å². The maximum atomic E-state index is 12.5. The zero-order valence-electron chi connectivity index (χ0n) is 13.5. The van der Waals surface area contributed by atoms with E-state index in [9.17, 15) is 18.4 Å². The average Bonchev–Trinajstić information content (AvgIpc) is 2.61. The summed E-state index contributed by atoms with van der Waals surface area (Å²) in [7, 11) is 1.25. The molecule has 2 aromatic carbocycles. The van der Waals surface area contributed by atoms with Crippen molar-refractivity contribution in [2.45, 2.75) is 10.7 Å². The first kappa shape index (κ1) is 20.0. The number of amides is 1. The van der Waals surface area contributed by atoms with Crippen LogP contribution in [0.3, 0.4) is 0 Å². The molecule has 138 valence electrons. The molecule has 0 unspecified atom stereocenters. The number of ether oxygens (including phenoxy) is 2. The Balaban J connectivity index is 1.98. The molecule has 1 N–H and O–H groups in total. The summed E-state index contributed by atoms with van der Waals surface area (Å²) < 4.78 is 35.0. The standard InChI is InChI=1S/C17H14ClF2NO4S/c1-24-16(23)10-6-7-13(11(18)8-10)25-9-15(22)21-12-4-2-3-5-14(12)26-17(19)20/h2-8,17H,9H2,1H3,(H,21,22). The Labute approximate surface area is 157 Å². The topological polar surface area (TPSA) is 64.6 Å². The molecule has 0 bridgehead atoms. The van der Waals surface area contributed by atoms with Gasteiger partial charge in [0.25, 0.3) is 11.7 Å². The number of thioether (sulfide) groups is 1. The van der Waals surface area contributed by atoms with E-state index in [-0.39, 0.29) is 33.5 Å². The summed E-state index contributed by atoms with van der Waals surface area (Å²) in [6.45, 7) is -0.384. The summed E-state index contributed by atoms with van der Waals surface area (Å²) in [5.74, 6) is -3.49. The van der Waals surface area contributed by atoms with Crippen molar-refractivity contribution in [3.8, 4) is 5.75 Å². The monoisotopic (exact) mass is 401 g/mol. The second kappa shape index (κ2) is 9.40. The number of carbonyl (C=O) groups is 2. The highest BCUT2D eigenvalue weighted by Gasteiger charge is 2.14. The van der Waals surface area contributed by atoms with Gasteiger partial charge in [-0.25, -0.2) is 4.79 Å². The van der Waals surface area contributed by atoms with E-state index in [1.165, 1.54) is 37.4 Å². The third-order valence-electron chi connectivity index (χ3n) is 3.09. The van der Waals surface area contributed by atoms with E-state index in [1.807, 2.05) is 0 Å². The Morgan fingerprint density at radius 2 is 1.96 bits per heavy atom. The zero-order valence-corrected chi connectivity index (χ0v) is 15.1. The molecular formula is C17H14ClF2NO4S. The van der Waals surface area contributed by atoms with Crippen LogP contribution in [0, 0.1) is 0 Å². The van der Waals surface area contributed by atoms with Gasteiger partial charge in [-0.2, -0.15) is 8.78 Å². The minimum absolute atomic E-state index is 0.134. The van der Waals surface area contributed by atoms with Crippen molar-refractivity contribution in [3.63, 3.8) is 0 Å². The first-order valence-electron chi connectivity index (χ1n) is 7.25. The maximum Gasteiger partial charge on any atom is 0.337 e. The smallest absolute Gasteiger partial charge is 0.337 e. The molecule has 0 saturated carbocycles. The molecule has 26 heavy (non-hydrogen) atoms. The summed E-state index contributed by atoms with van der Waals surface area (Å²) in [6, 6.07) is 10.4. The van der Waals surface area contributed by atoms with Crippen LogP contribution >= 0.6 is 23.4 Å². The molecule has 2 rings (SSSR count). The summed E-state index contributed by atoms with van der Waals surface area (Å²) in [5.41, 5.74) is 0.505. The van der Waals surface area contributed by atoms with Crippen molar-refractivity contribution in [2.24, 2.45) is 0 Å². The normalized spacial score (nSPS) is 10.5. The molecule has 0 heterocycles. The van der Waals surface area contributed by atoms with Crippen LogP contribution in [0.2, 0.25) is 5.02 Å². The van der Waals surface area contributed by atoms with E-state index in [0.717, 1.165) is 0 Å². The minimum Gasteiger partial charge on any atom is -0.482 e. The van der Waals surface area contributed by atoms with Crippen molar-refractivity contribution in [2.75, 3.05) is 19.0 Å². The fourth-order valence-corrected chi connectivity index (χ4v) is 2.79. The lowest BCUT2D eigenvalue weighted by Gasteiger charge is -2.12. The van der Waals surface area contributed by atoms with Gasteiger partial charge < -0.3 is 14.8 Å². The van der Waals surface area contributed by atoms with Crippen molar-refractivity contribution in [3.05, 3.63) is 53.1 Å². The molecule has 0 aromatic heterocycles. The van der Waals surface area contributed by atoms with Crippen molar-refractivity contribution in [1.82, 2.24) is 0 Å². The molecule has 0 radical (unpaired) electrons. The first-order chi connectivity index (χ1) is 12.4. The van der Waals surface area contributed by atoms with Crippen molar-refractivity contribution in [1.29, 1.82) is 0 Å². The molecule has 5 nitrogen and oxygen atoms in total. The summed E-state index contributed by atoms with van der Waals surface area (Å²) in [6.07, 6.45) is 0. The number of nitrogens with one attached hydrogen (secondary N) is 1. The second-order valence-corrected chi connectivity index (χ2v) is 6.29. The second-order valence-electron chi connectivity index (χ2n) is 4.85. The fraction of sp³-hybridized carbons (Fsp3) is 0.176. The highest BCUT2D eigenvalue weighted by molar-refractivity contribution is 7.99. The van der Waals surface area contributed by atoms with Crippen molar-refractivity contribution >= 4 is 40.9 Å². The maximum absolute atomic E-state index is 12.5. The predicted octanol–water partition coefficient (Wildman–Crippen LogP) is 4.46. The van der Waals surface area contributed by atoms with Crippen LogP contribution in [0.1, 0.15) is 10.4 Å². The molecule has 0 fully saturated rings. The van der Waals surface area contributed by atoms with Gasteiger partial charge in [-0.1, -0.05) is 35.5 Å². The predicted molar refractivity (Wildman–Crippen MR) is 95.2 cm³/mol. The van der Waals surface area contributed by atoms with Crippen LogP contribution in [0.25, 0.3) is 0 Å². The lowest BCUT2D eigenvalue weighted by atomic mass is 10.2. The number of halogens is 3. The minimum atomic E-state index is -2.60. The third-order valence-corrected chi connectivity index (χ3v) is 4.17. The van der Waals surface area contributed by atoms with Crippen LogP contribution < -0.4 is 10.1 Å². The number of anilines is 1. The van der Waals surface area contributed by atoms with Gasteiger partial charge >= 0.3 is 5.97 Å². The van der Waals surface area contributed by atoms with Gasteiger partial charge in [0.15, 0.2) is 6.61 Å². The Morgan fingerprint density at radius 3 is 2.62 bits per heavy atom. The van der Waals surface area contributed by atoms with Crippen LogP contribution in [0.5, 0.6) is 5.75 Å². The molecule has 2 aromatic rings. The van der Waals surface area contributed by atoms with Gasteiger partial charge in [-0.15, -0.1) is 0 Å². The van der Waals surface area contributed by atoms with Gasteiger partial charge in [-0.05, 0) is 30.3 Å². The zero-order chi connectivity index (χ0) is 19.1. The number of alkyl halides is 2. The van der Waals surface area contributed by atoms with E-state index < -0.39 is 17.6 Å². The Bertz CT molecular complexity index is 804. The lowest BCUT2D eigenvalue weighted by molar-refractivity contribution is -0.118. The summed E-state index contributed by atoms with van der Waals surface area (Å²) in [5, 5.41) is 2.64. The van der Waals surface area contributed by atoms with Crippen LogP contribution in [-0.4, -0.2) is 31.4 Å². The quantitative estimate of drug-likeness (QED) is 0.548. The molecule has 0 aliphatic rings. The number of methoxy groups -OCH3 is 1. The molecular weight excluding hydrogens is 388 g/mol. The number of benzene rings is 2. The van der Waals surface area contributed by atoms with Gasteiger partial charge in [0.05, 0.1) is 23.4 Å². The largest absolute Gasteiger partial charge is 0.482 e. The first-order valence-corrected chi connectivity index (χ1v) is 8.51. The number of hydrogen-bond acceptors (Lipinski definition) is 5. The lowest BCUT2D eigenvalue weighted by Crippen LogP contribution is -2.20. The SMILES string of the molecule is COC(=O)c1ccc(OCC(=O)Nc2ccccc2SC(F)F)c(Cl)c1. The fourth-order valence-electron chi connectivity index (χ4n) is 1.96. The number of hydrogen-bond donors (Lipinski definition) is 1. The van der Waals surface area contributed by atoms with Crippen molar-refractivity contribution < 1.29 is 27.8 Å². The summed E-state index contributed by atoms with van der Waals surface area (Å²) >= 11 is 6.34. The highest BCUT2D eigenvalue weighted by Crippen LogP contribution is 2.31. The molecule has 0 aliphatic carbocycles. The number of rotatable bonds is 7. The van der Waals surface area contributed by atoms with Gasteiger partial charge in [0.1, 0.15) is 5.75 Å². The van der Waals surface area contributed by atoms with Crippen LogP contribution in [-0.2, 0) is 9.53 Å². The molecule has 0 spiro atoms. The van der Waals surface area contributed by atoms with Gasteiger partial charge in [0, 0.05) is 4.90 Å². The van der Waals surface area contributed by atoms with Gasteiger partial charge in [-0.3, -0.25) is 4.79 Å². The van der Waals surface area contributed by atoms with Crippen LogP contribution in [0.4, 0.5) is 14.5 Å². The Hall–Kier alpha value is -2.32. The molecule has 0 atom stereocenters. The Morgan fingerprint density at radius 1 is 1.23 bits per heavy atom.